The van der Waals surface area contributed by atoms with E-state index in [1.165, 1.54) is 18.4 Å². The Morgan fingerprint density at radius 3 is 2.37 bits per heavy atom. The van der Waals surface area contributed by atoms with Gasteiger partial charge in [0.2, 0.25) is 5.91 Å². The van der Waals surface area contributed by atoms with E-state index in [4.69, 9.17) is 10.5 Å². The van der Waals surface area contributed by atoms with Crippen molar-refractivity contribution in [3.05, 3.63) is 45.9 Å². The molecule has 43 heavy (non-hydrogen) atoms. The number of nitrogens with two attached hydrogens (primary N) is 1. The third-order valence-electron chi connectivity index (χ3n) is 7.32. The molecule has 0 aliphatic rings. The van der Waals surface area contributed by atoms with E-state index >= 15 is 0 Å². The number of aromatic nitrogens is 1. The van der Waals surface area contributed by atoms with E-state index in [-0.39, 0.29) is 41.4 Å². The van der Waals surface area contributed by atoms with E-state index < -0.39 is 12.2 Å². The van der Waals surface area contributed by atoms with Crippen LogP contribution in [0.1, 0.15) is 100 Å². The van der Waals surface area contributed by atoms with Crippen molar-refractivity contribution in [2.24, 2.45) is 11.8 Å². The van der Waals surface area contributed by atoms with Gasteiger partial charge in [-0.1, -0.05) is 53.2 Å². The predicted molar refractivity (Wildman–Crippen MR) is 171 cm³/mol. The second-order valence-corrected chi connectivity index (χ2v) is 12.3. The van der Waals surface area contributed by atoms with Crippen molar-refractivity contribution in [1.82, 2.24) is 20.5 Å². The van der Waals surface area contributed by atoms with Gasteiger partial charge in [-0.05, 0) is 49.3 Å². The molecule has 0 spiro atoms. The summed E-state index contributed by atoms with van der Waals surface area (Å²) in [6, 6.07) is 6.93. The lowest BCUT2D eigenvalue weighted by atomic mass is 9.95. The van der Waals surface area contributed by atoms with Crippen LogP contribution in [0.25, 0.3) is 0 Å². The first-order chi connectivity index (χ1) is 20.5. The van der Waals surface area contributed by atoms with Gasteiger partial charge in [0, 0.05) is 55.5 Å². The summed E-state index contributed by atoms with van der Waals surface area (Å²) in [5, 5.41) is 7.66. The van der Waals surface area contributed by atoms with E-state index in [0.717, 1.165) is 31.1 Å². The van der Waals surface area contributed by atoms with E-state index in [1.807, 2.05) is 30.9 Å². The number of nitrogen functional groups attached to an aromatic ring is 1. The van der Waals surface area contributed by atoms with Crippen molar-refractivity contribution in [2.45, 2.75) is 97.8 Å². The Kier molecular flexibility index (Phi) is 15.2. The maximum Gasteiger partial charge on any atom is 0.407 e. The number of thiazole rings is 1. The molecule has 4 unspecified atom stereocenters. The average Bonchev–Trinajstić information content (AvgIpc) is 3.48. The zero-order valence-electron chi connectivity index (χ0n) is 26.4. The van der Waals surface area contributed by atoms with Crippen molar-refractivity contribution >= 4 is 41.2 Å². The minimum absolute atomic E-state index is 0.0944. The van der Waals surface area contributed by atoms with Crippen molar-refractivity contribution in [3.8, 4) is 0 Å². The molecule has 4 atom stereocenters. The van der Waals surface area contributed by atoms with Gasteiger partial charge >= 0.3 is 6.09 Å². The highest BCUT2D eigenvalue weighted by molar-refractivity contribution is 7.09. The number of rotatable bonds is 18. The summed E-state index contributed by atoms with van der Waals surface area (Å²) in [6.45, 7) is 10.6. The molecule has 10 nitrogen and oxygen atoms in total. The SMILES string of the molecule is CCCCC(=O)N(CCC)C(CC(OC(=O)NC)c1nc(C(=O)NC(Cc2ccc(N)cc2)CC(C)C=O)cs1)C(C)C. The van der Waals surface area contributed by atoms with Crippen LogP contribution in [0.15, 0.2) is 29.6 Å². The molecule has 0 aliphatic heterocycles. The highest BCUT2D eigenvalue weighted by Crippen LogP contribution is 2.31. The molecular weight excluding hydrogens is 566 g/mol. The van der Waals surface area contributed by atoms with Crippen LogP contribution in [0.5, 0.6) is 0 Å². The van der Waals surface area contributed by atoms with Gasteiger partial charge in [0.1, 0.15) is 17.0 Å². The number of hydrogen-bond acceptors (Lipinski definition) is 8. The maximum atomic E-state index is 13.3. The van der Waals surface area contributed by atoms with E-state index in [1.54, 1.807) is 17.5 Å². The molecule has 0 aliphatic carbocycles. The molecule has 238 valence electrons. The normalized spacial score (nSPS) is 13.9. The summed E-state index contributed by atoms with van der Waals surface area (Å²) >= 11 is 1.24. The third-order valence-corrected chi connectivity index (χ3v) is 8.26. The van der Waals surface area contributed by atoms with Crippen LogP contribution in [0.2, 0.25) is 0 Å². The predicted octanol–water partition coefficient (Wildman–Crippen LogP) is 5.53. The largest absolute Gasteiger partial charge is 0.439 e. The zero-order chi connectivity index (χ0) is 31.9. The van der Waals surface area contributed by atoms with Crippen molar-refractivity contribution in [3.63, 3.8) is 0 Å². The number of amides is 3. The number of unbranched alkanes of at least 4 members (excludes halogenated alkanes) is 1. The first-order valence-electron chi connectivity index (χ1n) is 15.3. The number of nitrogens with zero attached hydrogens (tertiary/aromatic N) is 2. The van der Waals surface area contributed by atoms with Crippen LogP contribution in [0, 0.1) is 11.8 Å². The first kappa shape index (κ1) is 35.7. The highest BCUT2D eigenvalue weighted by Gasteiger charge is 2.32. The Balaban J connectivity index is 2.30. The van der Waals surface area contributed by atoms with Crippen LogP contribution in [-0.4, -0.2) is 59.8 Å². The fraction of sp³-hybridized carbons (Fsp3) is 0.594. The summed E-state index contributed by atoms with van der Waals surface area (Å²) in [7, 11) is 1.49. The summed E-state index contributed by atoms with van der Waals surface area (Å²) in [5.41, 5.74) is 7.66. The molecule has 3 amide bonds. The van der Waals surface area contributed by atoms with Gasteiger partial charge in [0.25, 0.3) is 5.91 Å². The summed E-state index contributed by atoms with van der Waals surface area (Å²) in [5.74, 6) is -0.418. The van der Waals surface area contributed by atoms with Gasteiger partial charge < -0.3 is 30.8 Å². The minimum atomic E-state index is -0.752. The number of aldehydes is 1. The Bertz CT molecular complexity index is 1170. The standard InChI is InChI=1S/C32H49N5O5S/c1-7-9-10-29(39)37(15-8-2)27(21(3)4)18-28(42-32(41)34-6)31-36-26(20-43-31)30(40)35-25(16-22(5)19-38)17-23-11-13-24(33)14-12-23/h11-14,19-22,25,27-28H,7-10,15-18,33H2,1-6H3,(H,34,41)(H,35,40). The molecule has 0 radical (unpaired) electrons. The van der Waals surface area contributed by atoms with Gasteiger partial charge in [-0.3, -0.25) is 9.59 Å². The van der Waals surface area contributed by atoms with Gasteiger partial charge in [-0.2, -0.15) is 0 Å². The second kappa shape index (κ2) is 18.3. The lowest BCUT2D eigenvalue weighted by Gasteiger charge is -2.36. The number of hydrogen-bond donors (Lipinski definition) is 3. The summed E-state index contributed by atoms with van der Waals surface area (Å²) < 4.78 is 5.76. The smallest absolute Gasteiger partial charge is 0.407 e. The molecule has 1 aromatic heterocycles. The monoisotopic (exact) mass is 615 g/mol. The van der Waals surface area contributed by atoms with Crippen LogP contribution in [0.4, 0.5) is 10.5 Å². The number of benzene rings is 1. The maximum absolute atomic E-state index is 13.3. The van der Waals surface area contributed by atoms with E-state index in [2.05, 4.69) is 36.4 Å². The van der Waals surface area contributed by atoms with E-state index in [0.29, 0.717) is 42.9 Å². The quantitative estimate of drug-likeness (QED) is 0.148. The average molecular weight is 616 g/mol. The molecule has 0 bridgehead atoms. The van der Waals surface area contributed by atoms with Gasteiger partial charge in [0.15, 0.2) is 6.10 Å². The van der Waals surface area contributed by atoms with Gasteiger partial charge in [-0.25, -0.2) is 9.78 Å². The Labute approximate surface area is 260 Å². The topological polar surface area (TPSA) is 144 Å². The molecule has 0 saturated heterocycles. The molecule has 11 heteroatoms. The molecule has 0 saturated carbocycles. The summed E-state index contributed by atoms with van der Waals surface area (Å²) in [6.07, 6.45) is 3.90. The molecular formula is C32H49N5O5S. The van der Waals surface area contributed by atoms with Gasteiger partial charge in [-0.15, -0.1) is 11.3 Å². The Morgan fingerprint density at radius 2 is 1.79 bits per heavy atom. The first-order valence-corrected chi connectivity index (χ1v) is 16.1. The fourth-order valence-corrected chi connectivity index (χ4v) is 5.83. The van der Waals surface area contributed by atoms with Crippen LogP contribution >= 0.6 is 11.3 Å². The number of carbonyl (C=O) groups is 4. The van der Waals surface area contributed by atoms with Gasteiger partial charge in [0.05, 0.1) is 0 Å². The molecule has 1 aromatic carbocycles. The Hall–Kier alpha value is -3.47. The lowest BCUT2D eigenvalue weighted by molar-refractivity contribution is -0.135. The molecule has 1 heterocycles. The molecule has 2 aromatic rings. The van der Waals surface area contributed by atoms with Crippen molar-refractivity contribution in [2.75, 3.05) is 19.3 Å². The Morgan fingerprint density at radius 1 is 1.09 bits per heavy atom. The fourth-order valence-electron chi connectivity index (χ4n) is 4.99. The molecule has 0 fully saturated rings. The molecule has 2 rings (SSSR count). The van der Waals surface area contributed by atoms with Crippen LogP contribution in [-0.2, 0) is 20.7 Å². The van der Waals surface area contributed by atoms with Crippen LogP contribution < -0.4 is 16.4 Å². The lowest BCUT2D eigenvalue weighted by Crippen LogP contribution is -2.45. The number of anilines is 1. The number of nitrogens with one attached hydrogen (secondary N) is 2. The highest BCUT2D eigenvalue weighted by atomic mass is 32.1. The third kappa shape index (κ3) is 11.6. The number of ether oxygens (including phenoxy) is 1. The van der Waals surface area contributed by atoms with Crippen molar-refractivity contribution in [1.29, 1.82) is 0 Å². The summed E-state index contributed by atoms with van der Waals surface area (Å²) in [4.78, 5) is 56.8. The molecule has 4 N–H and O–H groups in total. The van der Waals surface area contributed by atoms with Crippen LogP contribution in [0.3, 0.4) is 0 Å². The minimum Gasteiger partial charge on any atom is -0.439 e. The second-order valence-electron chi connectivity index (χ2n) is 11.4. The number of alkyl carbamates (subject to hydrolysis) is 1. The van der Waals surface area contributed by atoms with E-state index in [9.17, 15) is 19.2 Å². The zero-order valence-corrected chi connectivity index (χ0v) is 27.2. The number of carbonyl (C=O) groups excluding carboxylic acids is 4. The van der Waals surface area contributed by atoms with Crippen molar-refractivity contribution < 1.29 is 23.9 Å².